The molecule has 1 heterocycles. The molecule has 0 atom stereocenters. The number of aromatic nitrogens is 1. The number of carbonyl (C=O) groups is 1. The lowest BCUT2D eigenvalue weighted by atomic mass is 9.79. The molecule has 2 rings (SSSR count). The van der Waals surface area contributed by atoms with Crippen LogP contribution in [0, 0.1) is 0 Å². The molecule has 0 amide bonds. The number of carboxylic acid groups (broad SMARTS) is 1. The van der Waals surface area contributed by atoms with E-state index < -0.39 is 5.97 Å². The SMILES string of the molecule is O=C(O)c1[nH]c(=O)ccc1C1CCC1. The molecule has 0 unspecified atom stereocenters. The number of pyridine rings is 1. The highest BCUT2D eigenvalue weighted by atomic mass is 16.4. The normalized spacial score (nSPS) is 16.3. The summed E-state index contributed by atoms with van der Waals surface area (Å²) < 4.78 is 0. The van der Waals surface area contributed by atoms with Gasteiger partial charge in [0.15, 0.2) is 0 Å². The average molecular weight is 193 g/mol. The van der Waals surface area contributed by atoms with Crippen molar-refractivity contribution >= 4 is 5.97 Å². The van der Waals surface area contributed by atoms with E-state index >= 15 is 0 Å². The quantitative estimate of drug-likeness (QED) is 0.744. The van der Waals surface area contributed by atoms with Gasteiger partial charge in [0.25, 0.3) is 0 Å². The Kier molecular flexibility index (Phi) is 2.11. The predicted molar refractivity (Wildman–Crippen MR) is 50.6 cm³/mol. The number of nitrogens with one attached hydrogen (secondary N) is 1. The lowest BCUT2D eigenvalue weighted by Crippen LogP contribution is -2.19. The van der Waals surface area contributed by atoms with Gasteiger partial charge in [-0.3, -0.25) is 4.79 Å². The lowest BCUT2D eigenvalue weighted by Gasteiger charge is -2.26. The number of aromatic amines is 1. The van der Waals surface area contributed by atoms with Gasteiger partial charge in [-0.05, 0) is 24.3 Å². The standard InChI is InChI=1S/C10H11NO3/c12-8-5-4-7(6-2-1-3-6)9(11-8)10(13)14/h4-6H,1-3H2,(H,11,12)(H,13,14). The molecule has 0 aliphatic heterocycles. The molecule has 0 aromatic carbocycles. The molecular formula is C10H11NO3. The first kappa shape index (κ1) is 8.99. The summed E-state index contributed by atoms with van der Waals surface area (Å²) in [6, 6.07) is 3.02. The molecule has 1 fully saturated rings. The summed E-state index contributed by atoms with van der Waals surface area (Å²) in [6.45, 7) is 0. The van der Waals surface area contributed by atoms with E-state index in [1.165, 1.54) is 6.07 Å². The van der Waals surface area contributed by atoms with Crippen LogP contribution in [0.2, 0.25) is 0 Å². The van der Waals surface area contributed by atoms with E-state index in [0.29, 0.717) is 5.92 Å². The molecule has 0 bridgehead atoms. The van der Waals surface area contributed by atoms with Gasteiger partial charge in [0.05, 0.1) is 0 Å². The van der Waals surface area contributed by atoms with E-state index in [2.05, 4.69) is 4.98 Å². The summed E-state index contributed by atoms with van der Waals surface area (Å²) in [6.07, 6.45) is 3.18. The molecular weight excluding hydrogens is 182 g/mol. The van der Waals surface area contributed by atoms with Gasteiger partial charge < -0.3 is 10.1 Å². The van der Waals surface area contributed by atoms with Crippen molar-refractivity contribution in [1.29, 1.82) is 0 Å². The van der Waals surface area contributed by atoms with Gasteiger partial charge in [0.2, 0.25) is 5.56 Å². The Balaban J connectivity index is 2.46. The van der Waals surface area contributed by atoms with Gasteiger partial charge in [-0.1, -0.05) is 12.5 Å². The summed E-state index contributed by atoms with van der Waals surface area (Å²) in [4.78, 5) is 24.2. The zero-order chi connectivity index (χ0) is 10.1. The molecule has 0 saturated heterocycles. The maximum atomic E-state index is 11.0. The van der Waals surface area contributed by atoms with Crippen molar-refractivity contribution in [3.05, 3.63) is 33.7 Å². The summed E-state index contributed by atoms with van der Waals surface area (Å²) in [7, 11) is 0. The van der Waals surface area contributed by atoms with Gasteiger partial charge in [0, 0.05) is 6.07 Å². The van der Waals surface area contributed by atoms with Crippen LogP contribution in [-0.2, 0) is 0 Å². The number of aromatic carboxylic acids is 1. The lowest BCUT2D eigenvalue weighted by molar-refractivity contribution is 0.0687. The second-order valence-corrected chi connectivity index (χ2v) is 3.59. The summed E-state index contributed by atoms with van der Waals surface area (Å²) in [5.41, 5.74) is 0.469. The van der Waals surface area contributed by atoms with E-state index in [4.69, 9.17) is 5.11 Å². The van der Waals surface area contributed by atoms with Crippen molar-refractivity contribution in [1.82, 2.24) is 4.98 Å². The van der Waals surface area contributed by atoms with Crippen molar-refractivity contribution in [2.75, 3.05) is 0 Å². The van der Waals surface area contributed by atoms with Crippen molar-refractivity contribution in [2.45, 2.75) is 25.2 Å². The smallest absolute Gasteiger partial charge is 0.352 e. The Labute approximate surface area is 80.6 Å². The second kappa shape index (κ2) is 3.29. The largest absolute Gasteiger partial charge is 0.477 e. The van der Waals surface area contributed by atoms with E-state index in [9.17, 15) is 9.59 Å². The molecule has 0 radical (unpaired) electrons. The van der Waals surface area contributed by atoms with Crippen LogP contribution in [0.15, 0.2) is 16.9 Å². The minimum absolute atomic E-state index is 0.0576. The number of rotatable bonds is 2. The Morgan fingerprint density at radius 1 is 1.43 bits per heavy atom. The van der Waals surface area contributed by atoms with Crippen molar-refractivity contribution in [2.24, 2.45) is 0 Å². The molecule has 74 valence electrons. The third-order valence-corrected chi connectivity index (χ3v) is 2.71. The van der Waals surface area contributed by atoms with Crippen LogP contribution in [-0.4, -0.2) is 16.1 Å². The highest BCUT2D eigenvalue weighted by Gasteiger charge is 2.24. The highest BCUT2D eigenvalue weighted by molar-refractivity contribution is 5.87. The van der Waals surface area contributed by atoms with Crippen molar-refractivity contribution < 1.29 is 9.90 Å². The number of carboxylic acids is 1. The molecule has 14 heavy (non-hydrogen) atoms. The zero-order valence-corrected chi connectivity index (χ0v) is 7.62. The molecule has 1 aliphatic rings. The summed E-state index contributed by atoms with van der Waals surface area (Å²) in [5, 5.41) is 8.89. The van der Waals surface area contributed by atoms with Crippen LogP contribution in [0.25, 0.3) is 0 Å². The minimum Gasteiger partial charge on any atom is -0.477 e. The van der Waals surface area contributed by atoms with E-state index in [0.717, 1.165) is 24.8 Å². The van der Waals surface area contributed by atoms with E-state index in [-0.39, 0.29) is 11.3 Å². The van der Waals surface area contributed by atoms with Crippen LogP contribution in [0.1, 0.15) is 41.2 Å². The van der Waals surface area contributed by atoms with Crippen LogP contribution in [0.5, 0.6) is 0 Å². The first-order valence-electron chi connectivity index (χ1n) is 4.65. The highest BCUT2D eigenvalue weighted by Crippen LogP contribution is 2.37. The maximum absolute atomic E-state index is 11.0. The maximum Gasteiger partial charge on any atom is 0.352 e. The number of H-pyrrole nitrogens is 1. The van der Waals surface area contributed by atoms with Crippen molar-refractivity contribution in [3.8, 4) is 0 Å². The molecule has 1 aromatic heterocycles. The zero-order valence-electron chi connectivity index (χ0n) is 7.62. The predicted octanol–water partition coefficient (Wildman–Crippen LogP) is 1.34. The fourth-order valence-corrected chi connectivity index (χ4v) is 1.72. The number of hydrogen-bond acceptors (Lipinski definition) is 2. The van der Waals surface area contributed by atoms with Gasteiger partial charge in [-0.25, -0.2) is 4.79 Å². The second-order valence-electron chi connectivity index (χ2n) is 3.59. The fourth-order valence-electron chi connectivity index (χ4n) is 1.72. The number of hydrogen-bond donors (Lipinski definition) is 2. The molecule has 4 nitrogen and oxygen atoms in total. The van der Waals surface area contributed by atoms with Gasteiger partial charge in [0.1, 0.15) is 5.69 Å². The molecule has 4 heteroatoms. The Morgan fingerprint density at radius 3 is 2.64 bits per heavy atom. The Bertz CT molecular complexity index is 418. The third kappa shape index (κ3) is 1.43. The van der Waals surface area contributed by atoms with Crippen molar-refractivity contribution in [3.63, 3.8) is 0 Å². The topological polar surface area (TPSA) is 70.2 Å². The first-order chi connectivity index (χ1) is 6.68. The van der Waals surface area contributed by atoms with E-state index in [1.807, 2.05) is 0 Å². The van der Waals surface area contributed by atoms with E-state index in [1.54, 1.807) is 6.07 Å². The molecule has 1 aliphatic carbocycles. The summed E-state index contributed by atoms with van der Waals surface area (Å²) in [5.74, 6) is -0.734. The Morgan fingerprint density at radius 2 is 2.14 bits per heavy atom. The fraction of sp³-hybridized carbons (Fsp3) is 0.400. The van der Waals surface area contributed by atoms with Gasteiger partial charge >= 0.3 is 5.97 Å². The van der Waals surface area contributed by atoms with Crippen LogP contribution in [0.3, 0.4) is 0 Å². The van der Waals surface area contributed by atoms with Crippen LogP contribution in [0.4, 0.5) is 0 Å². The van der Waals surface area contributed by atoms with Crippen LogP contribution < -0.4 is 5.56 Å². The Hall–Kier alpha value is -1.58. The molecule has 1 aromatic rings. The van der Waals surface area contributed by atoms with Gasteiger partial charge in [-0.2, -0.15) is 0 Å². The average Bonchev–Trinajstić information content (AvgIpc) is 2.04. The van der Waals surface area contributed by atoms with Crippen LogP contribution >= 0.6 is 0 Å². The summed E-state index contributed by atoms with van der Waals surface area (Å²) >= 11 is 0. The first-order valence-corrected chi connectivity index (χ1v) is 4.65. The molecule has 1 saturated carbocycles. The third-order valence-electron chi connectivity index (χ3n) is 2.71. The molecule has 0 spiro atoms. The van der Waals surface area contributed by atoms with Gasteiger partial charge in [-0.15, -0.1) is 0 Å². The monoisotopic (exact) mass is 193 g/mol. The minimum atomic E-state index is -1.05. The molecule has 2 N–H and O–H groups in total.